The third kappa shape index (κ3) is 3.86. The molecule has 0 saturated heterocycles. The molecule has 31 heavy (non-hydrogen) atoms. The minimum atomic E-state index is -0.155. The minimum Gasteiger partial charge on any atom is -0.349 e. The molecule has 1 fully saturated rings. The molecule has 0 bridgehead atoms. The van der Waals surface area contributed by atoms with E-state index in [4.69, 9.17) is 0 Å². The van der Waals surface area contributed by atoms with Crippen molar-refractivity contribution in [3.8, 4) is 5.69 Å². The van der Waals surface area contributed by atoms with Gasteiger partial charge in [-0.2, -0.15) is 10.2 Å². The van der Waals surface area contributed by atoms with Gasteiger partial charge in [0, 0.05) is 35.3 Å². The molecule has 156 valence electrons. The Kier molecular flexibility index (Phi) is 5.08. The predicted octanol–water partition coefficient (Wildman–Crippen LogP) is 3.57. The fourth-order valence-corrected chi connectivity index (χ4v) is 4.44. The molecule has 2 heterocycles. The van der Waals surface area contributed by atoms with Crippen molar-refractivity contribution in [1.29, 1.82) is 0 Å². The summed E-state index contributed by atoms with van der Waals surface area (Å²) in [7, 11) is 0. The summed E-state index contributed by atoms with van der Waals surface area (Å²) in [4.78, 5) is 24.9. The second-order valence-corrected chi connectivity index (χ2v) is 8.01. The van der Waals surface area contributed by atoms with Gasteiger partial charge in [0.2, 0.25) is 0 Å². The summed E-state index contributed by atoms with van der Waals surface area (Å²) in [5.41, 5.74) is 2.28. The van der Waals surface area contributed by atoms with Crippen LogP contribution in [0.15, 0.2) is 71.8 Å². The van der Waals surface area contributed by atoms with Crippen LogP contribution >= 0.6 is 0 Å². The number of amides is 1. The Bertz CT molecular complexity index is 1270. The van der Waals surface area contributed by atoms with E-state index in [-0.39, 0.29) is 23.4 Å². The number of nitrogens with zero attached hydrogens (tertiary/aromatic N) is 3. The first-order chi connectivity index (χ1) is 15.2. The van der Waals surface area contributed by atoms with E-state index in [1.165, 1.54) is 0 Å². The lowest BCUT2D eigenvalue weighted by Crippen LogP contribution is -2.37. The van der Waals surface area contributed by atoms with Crippen molar-refractivity contribution in [2.75, 3.05) is 0 Å². The largest absolute Gasteiger partial charge is 0.349 e. The SMILES string of the molecule is O=C(N[C@H]1CC[C@H](c2n[nH]c(=O)c3ccccc32)CC1)c1cccc(-n2cccn2)c1. The molecule has 2 aromatic heterocycles. The molecule has 0 aliphatic heterocycles. The van der Waals surface area contributed by atoms with E-state index in [0.29, 0.717) is 10.9 Å². The lowest BCUT2D eigenvalue weighted by molar-refractivity contribution is 0.0925. The second kappa shape index (κ2) is 8.18. The standard InChI is InChI=1S/C24H23N5O2/c30-23(17-5-3-6-19(15-17)29-14-4-13-25-29)26-18-11-9-16(10-12-18)22-20-7-1-2-8-21(20)24(31)28-27-22/h1-8,13-16,18H,9-12H2,(H,26,30)(H,28,31)/t16-,18-. The molecular formula is C24H23N5O2. The Balaban J connectivity index is 1.26. The molecule has 1 amide bonds. The molecule has 1 aliphatic rings. The van der Waals surface area contributed by atoms with Crippen LogP contribution in [0, 0.1) is 0 Å². The number of carbonyl (C=O) groups is 1. The van der Waals surface area contributed by atoms with Crippen LogP contribution in [0.25, 0.3) is 16.5 Å². The number of hydrogen-bond acceptors (Lipinski definition) is 4. The van der Waals surface area contributed by atoms with Crippen molar-refractivity contribution in [2.45, 2.75) is 37.6 Å². The normalized spacial score (nSPS) is 18.7. The van der Waals surface area contributed by atoms with Gasteiger partial charge in [0.1, 0.15) is 0 Å². The van der Waals surface area contributed by atoms with E-state index < -0.39 is 0 Å². The number of benzene rings is 2. The molecule has 7 nitrogen and oxygen atoms in total. The molecule has 2 N–H and O–H groups in total. The quantitative estimate of drug-likeness (QED) is 0.535. The zero-order chi connectivity index (χ0) is 21.2. The van der Waals surface area contributed by atoms with Gasteiger partial charge in [0.15, 0.2) is 0 Å². The van der Waals surface area contributed by atoms with Gasteiger partial charge >= 0.3 is 0 Å². The zero-order valence-corrected chi connectivity index (χ0v) is 17.0. The summed E-state index contributed by atoms with van der Waals surface area (Å²) in [5, 5.41) is 16.0. The van der Waals surface area contributed by atoms with Crippen LogP contribution < -0.4 is 10.9 Å². The van der Waals surface area contributed by atoms with Gasteiger partial charge in [-0.3, -0.25) is 9.59 Å². The fourth-order valence-electron chi connectivity index (χ4n) is 4.44. The summed E-state index contributed by atoms with van der Waals surface area (Å²) >= 11 is 0. The smallest absolute Gasteiger partial charge is 0.272 e. The van der Waals surface area contributed by atoms with Crippen molar-refractivity contribution < 1.29 is 4.79 Å². The van der Waals surface area contributed by atoms with E-state index in [1.807, 2.05) is 60.8 Å². The molecule has 5 rings (SSSR count). The zero-order valence-electron chi connectivity index (χ0n) is 17.0. The van der Waals surface area contributed by atoms with Crippen molar-refractivity contribution in [2.24, 2.45) is 0 Å². The number of hydrogen-bond donors (Lipinski definition) is 2. The molecular weight excluding hydrogens is 390 g/mol. The van der Waals surface area contributed by atoms with E-state index in [2.05, 4.69) is 20.6 Å². The van der Waals surface area contributed by atoms with E-state index in [0.717, 1.165) is 42.5 Å². The van der Waals surface area contributed by atoms with E-state index in [9.17, 15) is 9.59 Å². The predicted molar refractivity (Wildman–Crippen MR) is 118 cm³/mol. The molecule has 1 aliphatic carbocycles. The first-order valence-corrected chi connectivity index (χ1v) is 10.6. The van der Waals surface area contributed by atoms with Crippen molar-refractivity contribution >= 4 is 16.7 Å². The molecule has 1 saturated carbocycles. The number of nitrogens with one attached hydrogen (secondary N) is 2. The highest BCUT2D eigenvalue weighted by molar-refractivity contribution is 5.95. The molecule has 0 spiro atoms. The number of fused-ring (bicyclic) bond motifs is 1. The number of aromatic amines is 1. The summed E-state index contributed by atoms with van der Waals surface area (Å²) < 4.78 is 1.74. The number of aromatic nitrogens is 4. The van der Waals surface area contributed by atoms with Crippen LogP contribution in [0.3, 0.4) is 0 Å². The number of H-pyrrole nitrogens is 1. The Morgan fingerprint density at radius 2 is 1.81 bits per heavy atom. The Hall–Kier alpha value is -3.74. The van der Waals surface area contributed by atoms with Crippen LogP contribution in [-0.2, 0) is 0 Å². The molecule has 4 aromatic rings. The number of carbonyl (C=O) groups excluding carboxylic acids is 1. The van der Waals surface area contributed by atoms with Crippen LogP contribution in [0.2, 0.25) is 0 Å². The van der Waals surface area contributed by atoms with Gasteiger partial charge < -0.3 is 5.32 Å². The molecule has 7 heteroatoms. The summed E-state index contributed by atoms with van der Waals surface area (Å²) in [6.07, 6.45) is 7.16. The lowest BCUT2D eigenvalue weighted by atomic mass is 9.82. The third-order valence-electron chi connectivity index (χ3n) is 6.05. The topological polar surface area (TPSA) is 92.7 Å². The average molecular weight is 413 g/mol. The third-order valence-corrected chi connectivity index (χ3v) is 6.05. The Morgan fingerprint density at radius 1 is 1.00 bits per heavy atom. The van der Waals surface area contributed by atoms with Gasteiger partial charge in [0.25, 0.3) is 11.5 Å². The Morgan fingerprint density at radius 3 is 2.58 bits per heavy atom. The monoisotopic (exact) mass is 413 g/mol. The molecule has 0 unspecified atom stereocenters. The highest BCUT2D eigenvalue weighted by Crippen LogP contribution is 2.34. The fraction of sp³-hybridized carbons (Fsp3) is 0.250. The van der Waals surface area contributed by atoms with Gasteiger partial charge in [0.05, 0.1) is 16.8 Å². The van der Waals surface area contributed by atoms with Crippen LogP contribution in [0.5, 0.6) is 0 Å². The second-order valence-electron chi connectivity index (χ2n) is 8.01. The van der Waals surface area contributed by atoms with Crippen LogP contribution in [0.1, 0.15) is 47.7 Å². The summed E-state index contributed by atoms with van der Waals surface area (Å²) in [6, 6.07) is 17.1. The van der Waals surface area contributed by atoms with Gasteiger partial charge in [-0.05, 0) is 56.0 Å². The van der Waals surface area contributed by atoms with Gasteiger partial charge in [-0.15, -0.1) is 0 Å². The number of rotatable bonds is 4. The van der Waals surface area contributed by atoms with Crippen LogP contribution in [-0.4, -0.2) is 31.9 Å². The Labute approximate surface area is 179 Å². The highest BCUT2D eigenvalue weighted by atomic mass is 16.1. The maximum atomic E-state index is 12.8. The van der Waals surface area contributed by atoms with Crippen molar-refractivity contribution in [3.05, 3.63) is 88.6 Å². The van der Waals surface area contributed by atoms with E-state index in [1.54, 1.807) is 10.9 Å². The maximum absolute atomic E-state index is 12.8. The van der Waals surface area contributed by atoms with Crippen LogP contribution in [0.4, 0.5) is 0 Å². The van der Waals surface area contributed by atoms with Crippen molar-refractivity contribution in [1.82, 2.24) is 25.3 Å². The minimum absolute atomic E-state index is 0.0647. The summed E-state index contributed by atoms with van der Waals surface area (Å²) in [5.74, 6) is 0.211. The average Bonchev–Trinajstić information content (AvgIpc) is 3.36. The van der Waals surface area contributed by atoms with E-state index >= 15 is 0 Å². The van der Waals surface area contributed by atoms with Gasteiger partial charge in [-0.1, -0.05) is 24.3 Å². The molecule has 0 radical (unpaired) electrons. The first kappa shape index (κ1) is 19.2. The van der Waals surface area contributed by atoms with Gasteiger partial charge in [-0.25, -0.2) is 9.78 Å². The highest BCUT2D eigenvalue weighted by Gasteiger charge is 2.26. The first-order valence-electron chi connectivity index (χ1n) is 10.6. The maximum Gasteiger partial charge on any atom is 0.272 e. The lowest BCUT2D eigenvalue weighted by Gasteiger charge is -2.29. The summed E-state index contributed by atoms with van der Waals surface area (Å²) in [6.45, 7) is 0. The molecule has 2 aromatic carbocycles. The molecule has 0 atom stereocenters. The van der Waals surface area contributed by atoms with Crippen molar-refractivity contribution in [3.63, 3.8) is 0 Å².